The number of carbonyl (C=O) groups excluding carboxylic acids is 1. The van der Waals surface area contributed by atoms with Crippen LogP contribution in [0.2, 0.25) is 5.02 Å². The van der Waals surface area contributed by atoms with Crippen LogP contribution < -0.4 is 10.2 Å². The smallest absolute Gasteiger partial charge is 0.218 e. The largest absolute Gasteiger partial charge is 0.352 e. The molecule has 0 bridgehead atoms. The molecule has 1 unspecified atom stereocenters. The van der Waals surface area contributed by atoms with E-state index in [4.69, 9.17) is 11.6 Å². The minimum absolute atomic E-state index is 0.146. The molecule has 124 valence electrons. The number of hydrogen-bond donors (Lipinski definition) is 1. The molecule has 1 atom stereocenters. The molecule has 3 rings (SSSR count). The van der Waals surface area contributed by atoms with Gasteiger partial charge in [-0.25, -0.2) is 4.39 Å². The van der Waals surface area contributed by atoms with Crippen LogP contribution in [0.5, 0.6) is 0 Å². The molecule has 1 amide bonds. The van der Waals surface area contributed by atoms with Gasteiger partial charge in [-0.05, 0) is 30.3 Å². The summed E-state index contributed by atoms with van der Waals surface area (Å²) in [6, 6.07) is 11.9. The highest BCUT2D eigenvalue weighted by Crippen LogP contribution is 2.30. The Morgan fingerprint density at radius 3 is 2.75 bits per heavy atom. The molecule has 1 heterocycles. The molecule has 0 saturated carbocycles. The van der Waals surface area contributed by atoms with Crippen LogP contribution in [-0.2, 0) is 4.79 Å². The zero-order chi connectivity index (χ0) is 17.3. The predicted molar refractivity (Wildman–Crippen MR) is 94.4 cm³/mol. The Kier molecular flexibility index (Phi) is 4.53. The number of carbonyl (C=O) groups is 1. The van der Waals surface area contributed by atoms with E-state index in [1.165, 1.54) is 13.0 Å². The third-order valence-electron chi connectivity index (χ3n) is 3.98. The van der Waals surface area contributed by atoms with Crippen LogP contribution in [-0.4, -0.2) is 31.4 Å². The van der Waals surface area contributed by atoms with Crippen molar-refractivity contribution in [3.8, 4) is 0 Å². The van der Waals surface area contributed by atoms with Gasteiger partial charge in [0.2, 0.25) is 5.91 Å². The van der Waals surface area contributed by atoms with Crippen LogP contribution >= 0.6 is 11.6 Å². The van der Waals surface area contributed by atoms with Crippen LogP contribution in [0.1, 0.15) is 18.1 Å². The molecule has 1 N–H and O–H groups in total. The molecule has 2 aromatic rings. The fourth-order valence-corrected chi connectivity index (χ4v) is 2.99. The standard InChI is InChI=1S/C18H17ClFN3O/c1-11(24)22-17-10-21-18(13-5-3-4-6-15(13)20)14-9-12(19)7-8-16(14)23(17)2/h3-9,17H,10H2,1-2H3,(H,22,24). The van der Waals surface area contributed by atoms with Gasteiger partial charge in [0.1, 0.15) is 12.0 Å². The first-order valence-corrected chi connectivity index (χ1v) is 7.94. The normalized spacial score (nSPS) is 16.9. The number of nitrogens with one attached hydrogen (secondary N) is 1. The fraction of sp³-hybridized carbons (Fsp3) is 0.222. The van der Waals surface area contributed by atoms with Gasteiger partial charge in [0.05, 0.1) is 12.3 Å². The van der Waals surface area contributed by atoms with Crippen LogP contribution in [0.25, 0.3) is 0 Å². The molecular formula is C18H17ClFN3O. The second-order valence-corrected chi connectivity index (χ2v) is 6.09. The average Bonchev–Trinajstić information content (AvgIpc) is 2.66. The molecule has 6 heteroatoms. The number of hydrogen-bond acceptors (Lipinski definition) is 3. The summed E-state index contributed by atoms with van der Waals surface area (Å²) in [6.07, 6.45) is -0.313. The quantitative estimate of drug-likeness (QED) is 0.908. The van der Waals surface area contributed by atoms with Gasteiger partial charge in [-0.3, -0.25) is 9.79 Å². The number of anilines is 1. The van der Waals surface area contributed by atoms with Crippen molar-refractivity contribution < 1.29 is 9.18 Å². The molecule has 0 fully saturated rings. The fourth-order valence-electron chi connectivity index (χ4n) is 2.82. The van der Waals surface area contributed by atoms with E-state index in [0.29, 0.717) is 22.8 Å². The van der Waals surface area contributed by atoms with Gasteiger partial charge in [-0.2, -0.15) is 0 Å². The van der Waals surface area contributed by atoms with Crippen molar-refractivity contribution in [2.24, 2.45) is 4.99 Å². The Morgan fingerprint density at radius 2 is 2.04 bits per heavy atom. The summed E-state index contributed by atoms with van der Waals surface area (Å²) in [4.78, 5) is 18.0. The number of fused-ring (bicyclic) bond motifs is 1. The zero-order valence-corrected chi connectivity index (χ0v) is 14.1. The van der Waals surface area contributed by atoms with Gasteiger partial charge in [-0.15, -0.1) is 0 Å². The van der Waals surface area contributed by atoms with Gasteiger partial charge >= 0.3 is 0 Å². The third kappa shape index (κ3) is 3.12. The first kappa shape index (κ1) is 16.5. The number of amides is 1. The Balaban J connectivity index is 2.17. The molecule has 1 aliphatic rings. The summed E-state index contributed by atoms with van der Waals surface area (Å²) in [5, 5.41) is 3.41. The highest BCUT2D eigenvalue weighted by Gasteiger charge is 2.26. The van der Waals surface area contributed by atoms with Crippen LogP contribution in [0.15, 0.2) is 47.5 Å². The minimum atomic E-state index is -0.345. The maximum Gasteiger partial charge on any atom is 0.218 e. The summed E-state index contributed by atoms with van der Waals surface area (Å²) in [6.45, 7) is 1.77. The van der Waals surface area contributed by atoms with Gasteiger partial charge in [0.15, 0.2) is 0 Å². The van der Waals surface area contributed by atoms with Crippen molar-refractivity contribution >= 4 is 28.9 Å². The minimum Gasteiger partial charge on any atom is -0.352 e. The van der Waals surface area contributed by atoms with Crippen LogP contribution in [0.4, 0.5) is 10.1 Å². The monoisotopic (exact) mass is 345 g/mol. The van der Waals surface area contributed by atoms with Gasteiger partial charge < -0.3 is 10.2 Å². The third-order valence-corrected chi connectivity index (χ3v) is 4.22. The van der Waals surface area contributed by atoms with E-state index in [1.807, 2.05) is 18.0 Å². The molecule has 24 heavy (non-hydrogen) atoms. The van der Waals surface area contributed by atoms with Gasteiger partial charge in [-0.1, -0.05) is 23.7 Å². The van der Waals surface area contributed by atoms with E-state index >= 15 is 0 Å². The maximum absolute atomic E-state index is 14.3. The topological polar surface area (TPSA) is 44.7 Å². The number of rotatable bonds is 2. The van der Waals surface area contributed by atoms with Crippen LogP contribution in [0, 0.1) is 5.82 Å². The zero-order valence-electron chi connectivity index (χ0n) is 13.4. The maximum atomic E-state index is 14.3. The van der Waals surface area contributed by atoms with Crippen LogP contribution in [0.3, 0.4) is 0 Å². The summed E-state index contributed by atoms with van der Waals surface area (Å²) in [5.74, 6) is -0.491. The summed E-state index contributed by atoms with van der Waals surface area (Å²) in [5.41, 5.74) is 2.52. The van der Waals surface area contributed by atoms with Crippen molar-refractivity contribution in [1.82, 2.24) is 5.32 Å². The van der Waals surface area contributed by atoms with Crippen molar-refractivity contribution in [2.45, 2.75) is 13.1 Å². The Hall–Kier alpha value is -2.40. The molecule has 0 saturated heterocycles. The lowest BCUT2D eigenvalue weighted by Crippen LogP contribution is -2.47. The van der Waals surface area contributed by atoms with Gasteiger partial charge in [0.25, 0.3) is 0 Å². The van der Waals surface area contributed by atoms with Crippen molar-refractivity contribution in [2.75, 3.05) is 18.5 Å². The summed E-state index contributed by atoms with van der Waals surface area (Å²) < 4.78 is 14.3. The first-order valence-electron chi connectivity index (χ1n) is 7.56. The Morgan fingerprint density at radius 1 is 1.29 bits per heavy atom. The molecule has 2 aromatic carbocycles. The summed E-state index contributed by atoms with van der Waals surface area (Å²) in [7, 11) is 1.87. The predicted octanol–water partition coefficient (Wildman–Crippen LogP) is 3.23. The lowest BCUT2D eigenvalue weighted by Gasteiger charge is -2.29. The Labute approximate surface area is 145 Å². The lowest BCUT2D eigenvalue weighted by atomic mass is 10.00. The van der Waals surface area contributed by atoms with E-state index in [2.05, 4.69) is 10.3 Å². The number of aliphatic imine (C=N–C) groups is 1. The number of halogens is 2. The number of likely N-dealkylation sites (N-methyl/N-ethyl adjacent to an activating group) is 1. The molecule has 0 aliphatic carbocycles. The van der Waals surface area contributed by atoms with Crippen molar-refractivity contribution in [3.63, 3.8) is 0 Å². The van der Waals surface area contributed by atoms with E-state index in [0.717, 1.165) is 11.3 Å². The Bertz CT molecular complexity index is 822. The number of nitrogens with zero attached hydrogens (tertiary/aromatic N) is 2. The van der Waals surface area contributed by atoms with E-state index in [-0.39, 0.29) is 17.9 Å². The number of benzodiazepines with no additional fused rings is 1. The second-order valence-electron chi connectivity index (χ2n) is 5.66. The lowest BCUT2D eigenvalue weighted by molar-refractivity contribution is -0.119. The van der Waals surface area contributed by atoms with Crippen molar-refractivity contribution in [3.05, 3.63) is 64.4 Å². The molecule has 0 spiro atoms. The molecule has 1 aliphatic heterocycles. The molecule has 0 radical (unpaired) electrons. The molecular weight excluding hydrogens is 329 g/mol. The van der Waals surface area contributed by atoms with Gasteiger partial charge in [0, 0.05) is 35.8 Å². The highest BCUT2D eigenvalue weighted by molar-refractivity contribution is 6.31. The molecule has 0 aromatic heterocycles. The van der Waals surface area contributed by atoms with Crippen molar-refractivity contribution in [1.29, 1.82) is 0 Å². The average molecular weight is 346 g/mol. The molecule has 4 nitrogen and oxygen atoms in total. The second kappa shape index (κ2) is 6.61. The van der Waals surface area contributed by atoms with E-state index in [9.17, 15) is 9.18 Å². The summed E-state index contributed by atoms with van der Waals surface area (Å²) >= 11 is 6.15. The van der Waals surface area contributed by atoms with E-state index < -0.39 is 0 Å². The number of benzene rings is 2. The first-order chi connectivity index (χ1) is 11.5. The van der Waals surface area contributed by atoms with E-state index in [1.54, 1.807) is 30.3 Å². The SMILES string of the molecule is CC(=O)NC1CN=C(c2ccccc2F)c2cc(Cl)ccc2N1C. The highest BCUT2D eigenvalue weighted by atomic mass is 35.5.